The first-order valence-corrected chi connectivity index (χ1v) is 6.64. The standard InChI is InChI=1S/C17H14N4/c18-9-14-8-15(19)11-21-17(14)20-10-13-6-3-5-12-4-1-2-7-16(12)13/h1-8,11H,10,19H2,(H,20,21). The van der Waals surface area contributed by atoms with Gasteiger partial charge in [-0.25, -0.2) is 4.98 Å². The highest BCUT2D eigenvalue weighted by Crippen LogP contribution is 2.20. The Morgan fingerprint density at radius 2 is 1.95 bits per heavy atom. The van der Waals surface area contributed by atoms with Crippen molar-refractivity contribution in [3.05, 3.63) is 65.9 Å². The maximum atomic E-state index is 9.13. The van der Waals surface area contributed by atoms with Gasteiger partial charge in [0.15, 0.2) is 0 Å². The molecule has 0 spiro atoms. The van der Waals surface area contributed by atoms with E-state index in [0.717, 1.165) is 5.56 Å². The van der Waals surface area contributed by atoms with Crippen LogP contribution in [0.2, 0.25) is 0 Å². The SMILES string of the molecule is N#Cc1cc(N)cnc1NCc1cccc2ccccc12. The van der Waals surface area contributed by atoms with E-state index in [4.69, 9.17) is 11.0 Å². The lowest BCUT2D eigenvalue weighted by molar-refractivity contribution is 1.12. The van der Waals surface area contributed by atoms with E-state index in [1.807, 2.05) is 18.2 Å². The summed E-state index contributed by atoms with van der Waals surface area (Å²) in [4.78, 5) is 4.19. The zero-order chi connectivity index (χ0) is 14.7. The van der Waals surface area contributed by atoms with E-state index in [0.29, 0.717) is 23.6 Å². The van der Waals surface area contributed by atoms with Crippen LogP contribution in [0.25, 0.3) is 10.8 Å². The molecule has 0 aliphatic carbocycles. The zero-order valence-corrected chi connectivity index (χ0v) is 11.4. The van der Waals surface area contributed by atoms with Gasteiger partial charge in [0.25, 0.3) is 0 Å². The average molecular weight is 274 g/mol. The van der Waals surface area contributed by atoms with Gasteiger partial charge in [0.05, 0.1) is 17.4 Å². The van der Waals surface area contributed by atoms with Crippen molar-refractivity contribution in [3.63, 3.8) is 0 Å². The third kappa shape index (κ3) is 2.63. The van der Waals surface area contributed by atoms with Crippen LogP contribution < -0.4 is 11.1 Å². The predicted molar refractivity (Wildman–Crippen MR) is 84.6 cm³/mol. The van der Waals surface area contributed by atoms with Gasteiger partial charge < -0.3 is 11.1 Å². The Kier molecular flexibility index (Phi) is 3.40. The number of nitrogen functional groups attached to an aromatic ring is 1. The van der Waals surface area contributed by atoms with Crippen molar-refractivity contribution in [2.45, 2.75) is 6.54 Å². The van der Waals surface area contributed by atoms with Crippen LogP contribution in [0.3, 0.4) is 0 Å². The highest BCUT2D eigenvalue weighted by molar-refractivity contribution is 5.85. The molecule has 0 unspecified atom stereocenters. The molecule has 0 aliphatic heterocycles. The van der Waals surface area contributed by atoms with E-state index in [2.05, 4.69) is 40.6 Å². The lowest BCUT2D eigenvalue weighted by atomic mass is 10.0. The van der Waals surface area contributed by atoms with Gasteiger partial charge >= 0.3 is 0 Å². The molecule has 1 heterocycles. The van der Waals surface area contributed by atoms with Crippen LogP contribution in [-0.2, 0) is 6.54 Å². The second-order valence-corrected chi connectivity index (χ2v) is 4.77. The fraction of sp³-hybridized carbons (Fsp3) is 0.0588. The van der Waals surface area contributed by atoms with Crippen LogP contribution in [0, 0.1) is 11.3 Å². The number of pyridine rings is 1. The highest BCUT2D eigenvalue weighted by Gasteiger charge is 2.05. The Morgan fingerprint density at radius 3 is 2.81 bits per heavy atom. The first kappa shape index (κ1) is 12.9. The molecule has 0 aliphatic rings. The largest absolute Gasteiger partial charge is 0.397 e. The Balaban J connectivity index is 1.89. The summed E-state index contributed by atoms with van der Waals surface area (Å²) < 4.78 is 0. The minimum absolute atomic E-state index is 0.454. The minimum atomic E-state index is 0.454. The van der Waals surface area contributed by atoms with Crippen LogP contribution >= 0.6 is 0 Å². The third-order valence-electron chi connectivity index (χ3n) is 3.36. The Hall–Kier alpha value is -3.06. The van der Waals surface area contributed by atoms with Gasteiger partial charge in [-0.1, -0.05) is 42.5 Å². The van der Waals surface area contributed by atoms with E-state index in [1.54, 1.807) is 12.3 Å². The Labute approximate surface area is 122 Å². The van der Waals surface area contributed by atoms with Crippen LogP contribution in [0.4, 0.5) is 11.5 Å². The predicted octanol–water partition coefficient (Wildman–Crippen LogP) is 3.30. The number of hydrogen-bond donors (Lipinski definition) is 2. The fourth-order valence-electron chi connectivity index (χ4n) is 2.33. The number of nitriles is 1. The molecule has 3 aromatic rings. The monoisotopic (exact) mass is 274 g/mol. The molecule has 0 saturated heterocycles. The highest BCUT2D eigenvalue weighted by atomic mass is 15.0. The number of nitrogens with zero attached hydrogens (tertiary/aromatic N) is 2. The summed E-state index contributed by atoms with van der Waals surface area (Å²) in [5, 5.41) is 14.7. The molecule has 0 amide bonds. The van der Waals surface area contributed by atoms with Crippen LogP contribution in [-0.4, -0.2) is 4.98 Å². The molecule has 0 fully saturated rings. The Morgan fingerprint density at radius 1 is 1.14 bits per heavy atom. The lowest BCUT2D eigenvalue weighted by Gasteiger charge is -2.10. The second kappa shape index (κ2) is 5.51. The molecule has 3 N–H and O–H groups in total. The van der Waals surface area contributed by atoms with Crippen molar-refractivity contribution in [1.29, 1.82) is 5.26 Å². The van der Waals surface area contributed by atoms with Gasteiger partial charge in [-0.05, 0) is 22.4 Å². The minimum Gasteiger partial charge on any atom is -0.397 e. The maximum absolute atomic E-state index is 9.13. The fourth-order valence-corrected chi connectivity index (χ4v) is 2.33. The summed E-state index contributed by atoms with van der Waals surface area (Å²) >= 11 is 0. The van der Waals surface area contributed by atoms with Crippen LogP contribution in [0.5, 0.6) is 0 Å². The number of fused-ring (bicyclic) bond motifs is 1. The van der Waals surface area contributed by atoms with Gasteiger partial charge in [0.1, 0.15) is 11.9 Å². The Bertz CT molecular complexity index is 828. The molecule has 0 atom stereocenters. The summed E-state index contributed by atoms with van der Waals surface area (Å²) in [7, 11) is 0. The first-order valence-electron chi connectivity index (χ1n) is 6.64. The molecular formula is C17H14N4. The maximum Gasteiger partial charge on any atom is 0.144 e. The molecule has 4 nitrogen and oxygen atoms in total. The van der Waals surface area contributed by atoms with Crippen molar-refractivity contribution in [2.24, 2.45) is 0 Å². The van der Waals surface area contributed by atoms with E-state index in [1.165, 1.54) is 10.8 Å². The second-order valence-electron chi connectivity index (χ2n) is 4.77. The number of nitrogens with two attached hydrogens (primary N) is 1. The third-order valence-corrected chi connectivity index (χ3v) is 3.36. The van der Waals surface area contributed by atoms with E-state index in [9.17, 15) is 0 Å². The molecule has 21 heavy (non-hydrogen) atoms. The van der Waals surface area contributed by atoms with Crippen LogP contribution in [0.1, 0.15) is 11.1 Å². The number of aromatic nitrogens is 1. The smallest absolute Gasteiger partial charge is 0.144 e. The van der Waals surface area contributed by atoms with E-state index < -0.39 is 0 Å². The van der Waals surface area contributed by atoms with E-state index in [-0.39, 0.29) is 0 Å². The zero-order valence-electron chi connectivity index (χ0n) is 11.4. The summed E-state index contributed by atoms with van der Waals surface area (Å²) in [5.74, 6) is 0.555. The summed E-state index contributed by atoms with van der Waals surface area (Å²) in [6.45, 7) is 0.604. The average Bonchev–Trinajstić information content (AvgIpc) is 2.53. The number of anilines is 2. The molecule has 0 bridgehead atoms. The number of rotatable bonds is 3. The van der Waals surface area contributed by atoms with Crippen molar-refractivity contribution < 1.29 is 0 Å². The van der Waals surface area contributed by atoms with Gasteiger partial charge in [0.2, 0.25) is 0 Å². The summed E-state index contributed by atoms with van der Waals surface area (Å²) in [6.07, 6.45) is 1.55. The van der Waals surface area contributed by atoms with Gasteiger partial charge in [0, 0.05) is 6.54 Å². The van der Waals surface area contributed by atoms with E-state index >= 15 is 0 Å². The number of hydrogen-bond acceptors (Lipinski definition) is 4. The van der Waals surface area contributed by atoms with Crippen molar-refractivity contribution in [3.8, 4) is 6.07 Å². The normalized spacial score (nSPS) is 10.2. The molecule has 2 aromatic carbocycles. The number of benzene rings is 2. The molecule has 0 radical (unpaired) electrons. The van der Waals surface area contributed by atoms with Crippen molar-refractivity contribution in [1.82, 2.24) is 4.98 Å². The quantitative estimate of drug-likeness (QED) is 0.768. The van der Waals surface area contributed by atoms with Crippen molar-refractivity contribution in [2.75, 3.05) is 11.1 Å². The van der Waals surface area contributed by atoms with Gasteiger partial charge in [-0.2, -0.15) is 5.26 Å². The summed E-state index contributed by atoms with van der Waals surface area (Å²) in [6, 6.07) is 18.1. The molecule has 102 valence electrons. The topological polar surface area (TPSA) is 74.7 Å². The lowest BCUT2D eigenvalue weighted by Crippen LogP contribution is -2.04. The molecular weight excluding hydrogens is 260 g/mol. The summed E-state index contributed by atoms with van der Waals surface area (Å²) in [5.41, 5.74) is 7.75. The first-order chi connectivity index (χ1) is 10.3. The van der Waals surface area contributed by atoms with Crippen LogP contribution in [0.15, 0.2) is 54.7 Å². The number of nitrogens with one attached hydrogen (secondary N) is 1. The van der Waals surface area contributed by atoms with Gasteiger partial charge in [-0.3, -0.25) is 0 Å². The van der Waals surface area contributed by atoms with Gasteiger partial charge in [-0.15, -0.1) is 0 Å². The molecule has 4 heteroatoms. The molecule has 1 aromatic heterocycles. The molecule has 0 saturated carbocycles. The van der Waals surface area contributed by atoms with Crippen molar-refractivity contribution >= 4 is 22.3 Å². The molecule has 3 rings (SSSR count).